The molecule has 1 aromatic rings. The quantitative estimate of drug-likeness (QED) is 0.905. The predicted octanol–water partition coefficient (Wildman–Crippen LogP) is 2.86. The van der Waals surface area contributed by atoms with Crippen LogP contribution in [0.3, 0.4) is 0 Å². The molecule has 0 aliphatic carbocycles. The summed E-state index contributed by atoms with van der Waals surface area (Å²) in [5.74, 6) is 2.45. The van der Waals surface area contributed by atoms with Gasteiger partial charge in [0.05, 0.1) is 6.10 Å². The second-order valence-electron chi connectivity index (χ2n) is 5.12. The summed E-state index contributed by atoms with van der Waals surface area (Å²) in [5.41, 5.74) is 2.27. The van der Waals surface area contributed by atoms with E-state index in [0.29, 0.717) is 6.04 Å². The fourth-order valence-electron chi connectivity index (χ4n) is 2.50. The van der Waals surface area contributed by atoms with E-state index < -0.39 is 0 Å². The lowest BCUT2D eigenvalue weighted by Crippen LogP contribution is -2.41. The van der Waals surface area contributed by atoms with Gasteiger partial charge >= 0.3 is 0 Å². The Labute approximate surface area is 114 Å². The molecule has 1 saturated heterocycles. The molecule has 1 heterocycles. The fraction of sp³-hybridized carbons (Fsp3) is 0.600. The smallest absolute Gasteiger partial charge is 0.0804 e. The minimum absolute atomic E-state index is 0.326. The number of aryl methyl sites for hydroxylation is 1. The molecule has 2 atom stereocenters. The zero-order chi connectivity index (χ0) is 13.0. The third-order valence-electron chi connectivity index (χ3n) is 3.74. The van der Waals surface area contributed by atoms with E-state index in [1.165, 1.54) is 17.1 Å². The standard InChI is InChI=1S/C15H23NOS/c1-12-5-3-4-6-14(12)15(17)7-8-16-9-10-18-11-13(16)2/h3-6,13,15,17H,7-11H2,1-2H3. The lowest BCUT2D eigenvalue weighted by Gasteiger charge is -2.33. The number of hydrogen-bond donors (Lipinski definition) is 1. The summed E-state index contributed by atoms with van der Waals surface area (Å²) < 4.78 is 0. The molecule has 1 N–H and O–H groups in total. The normalized spacial score (nSPS) is 22.9. The average Bonchev–Trinajstić information content (AvgIpc) is 2.38. The van der Waals surface area contributed by atoms with Crippen molar-refractivity contribution in [3.8, 4) is 0 Å². The zero-order valence-electron chi connectivity index (χ0n) is 11.3. The minimum Gasteiger partial charge on any atom is -0.388 e. The fourth-order valence-corrected chi connectivity index (χ4v) is 3.58. The molecule has 0 aromatic heterocycles. The molecule has 1 aromatic carbocycles. The van der Waals surface area contributed by atoms with E-state index in [9.17, 15) is 5.11 Å². The van der Waals surface area contributed by atoms with Crippen LogP contribution in [0.1, 0.15) is 30.6 Å². The highest BCUT2D eigenvalue weighted by Gasteiger charge is 2.19. The molecule has 0 bridgehead atoms. The molecule has 2 nitrogen and oxygen atoms in total. The van der Waals surface area contributed by atoms with Gasteiger partial charge in [0.2, 0.25) is 0 Å². The van der Waals surface area contributed by atoms with Crippen LogP contribution in [-0.4, -0.2) is 40.6 Å². The molecule has 1 fully saturated rings. The third kappa shape index (κ3) is 3.50. The maximum Gasteiger partial charge on any atom is 0.0804 e. The number of rotatable bonds is 4. The lowest BCUT2D eigenvalue weighted by molar-refractivity contribution is 0.132. The highest BCUT2D eigenvalue weighted by molar-refractivity contribution is 7.99. The van der Waals surface area contributed by atoms with Crippen LogP contribution in [0.5, 0.6) is 0 Å². The molecular weight excluding hydrogens is 242 g/mol. The summed E-state index contributed by atoms with van der Waals surface area (Å²) in [5, 5.41) is 10.3. The highest BCUT2D eigenvalue weighted by Crippen LogP contribution is 2.22. The number of thioether (sulfide) groups is 1. The van der Waals surface area contributed by atoms with Gasteiger partial charge in [-0.15, -0.1) is 0 Å². The maximum atomic E-state index is 10.3. The van der Waals surface area contributed by atoms with Gasteiger partial charge in [0.15, 0.2) is 0 Å². The highest BCUT2D eigenvalue weighted by atomic mass is 32.2. The molecule has 1 aliphatic heterocycles. The third-order valence-corrected chi connectivity index (χ3v) is 4.93. The predicted molar refractivity (Wildman–Crippen MR) is 79.1 cm³/mol. The number of aliphatic hydroxyl groups excluding tert-OH is 1. The lowest BCUT2D eigenvalue weighted by atomic mass is 10.0. The van der Waals surface area contributed by atoms with Crippen molar-refractivity contribution in [3.05, 3.63) is 35.4 Å². The number of hydrogen-bond acceptors (Lipinski definition) is 3. The van der Waals surface area contributed by atoms with E-state index in [4.69, 9.17) is 0 Å². The SMILES string of the molecule is Cc1ccccc1C(O)CCN1CCSCC1C. The molecular formula is C15H23NOS. The van der Waals surface area contributed by atoms with Gasteiger partial charge in [0.1, 0.15) is 0 Å². The van der Waals surface area contributed by atoms with Crippen LogP contribution in [0, 0.1) is 6.92 Å². The van der Waals surface area contributed by atoms with Crippen molar-refractivity contribution in [2.75, 3.05) is 24.6 Å². The van der Waals surface area contributed by atoms with Gasteiger partial charge in [-0.1, -0.05) is 24.3 Å². The Morgan fingerprint density at radius 1 is 1.44 bits per heavy atom. The van der Waals surface area contributed by atoms with Gasteiger partial charge in [-0.2, -0.15) is 11.8 Å². The molecule has 0 radical (unpaired) electrons. The van der Waals surface area contributed by atoms with Crippen LogP contribution in [0.2, 0.25) is 0 Å². The number of aliphatic hydroxyl groups is 1. The molecule has 3 heteroatoms. The van der Waals surface area contributed by atoms with Crippen molar-refractivity contribution < 1.29 is 5.11 Å². The average molecular weight is 265 g/mol. The van der Waals surface area contributed by atoms with Gasteiger partial charge in [0, 0.05) is 30.6 Å². The van der Waals surface area contributed by atoms with Crippen molar-refractivity contribution in [1.29, 1.82) is 0 Å². The van der Waals surface area contributed by atoms with Crippen LogP contribution in [0.25, 0.3) is 0 Å². The first kappa shape index (κ1) is 13.9. The first-order valence-electron chi connectivity index (χ1n) is 6.74. The second-order valence-corrected chi connectivity index (χ2v) is 6.27. The summed E-state index contributed by atoms with van der Waals surface area (Å²) in [4.78, 5) is 2.50. The molecule has 18 heavy (non-hydrogen) atoms. The topological polar surface area (TPSA) is 23.5 Å². The van der Waals surface area contributed by atoms with Crippen molar-refractivity contribution >= 4 is 11.8 Å². The van der Waals surface area contributed by atoms with E-state index >= 15 is 0 Å². The summed E-state index contributed by atoms with van der Waals surface area (Å²) >= 11 is 2.04. The Morgan fingerprint density at radius 3 is 2.94 bits per heavy atom. The second kappa shape index (κ2) is 6.60. The molecule has 2 unspecified atom stereocenters. The van der Waals surface area contributed by atoms with Crippen molar-refractivity contribution in [2.45, 2.75) is 32.4 Å². The van der Waals surface area contributed by atoms with Gasteiger partial charge in [-0.05, 0) is 31.4 Å². The Balaban J connectivity index is 1.88. The zero-order valence-corrected chi connectivity index (χ0v) is 12.1. The van der Waals surface area contributed by atoms with Crippen LogP contribution in [0.4, 0.5) is 0 Å². The van der Waals surface area contributed by atoms with Crippen LogP contribution in [-0.2, 0) is 0 Å². The molecule has 1 aliphatic rings. The van der Waals surface area contributed by atoms with Crippen LogP contribution in [0.15, 0.2) is 24.3 Å². The minimum atomic E-state index is -0.326. The van der Waals surface area contributed by atoms with Gasteiger partial charge in [0.25, 0.3) is 0 Å². The van der Waals surface area contributed by atoms with E-state index in [2.05, 4.69) is 24.8 Å². The van der Waals surface area contributed by atoms with E-state index in [1.54, 1.807) is 0 Å². The van der Waals surface area contributed by atoms with Gasteiger partial charge < -0.3 is 5.11 Å². The van der Waals surface area contributed by atoms with Gasteiger partial charge in [-0.3, -0.25) is 4.90 Å². The Bertz CT molecular complexity index is 383. The van der Waals surface area contributed by atoms with Crippen LogP contribution < -0.4 is 0 Å². The summed E-state index contributed by atoms with van der Waals surface area (Å²) in [6, 6.07) is 8.78. The molecule has 2 rings (SSSR count). The maximum absolute atomic E-state index is 10.3. The Hall–Kier alpha value is -0.510. The monoisotopic (exact) mass is 265 g/mol. The molecule has 0 saturated carbocycles. The van der Waals surface area contributed by atoms with E-state index in [-0.39, 0.29) is 6.10 Å². The largest absolute Gasteiger partial charge is 0.388 e. The van der Waals surface area contributed by atoms with Crippen molar-refractivity contribution in [3.63, 3.8) is 0 Å². The molecule has 0 amide bonds. The summed E-state index contributed by atoms with van der Waals surface area (Å²) in [7, 11) is 0. The van der Waals surface area contributed by atoms with Crippen LogP contribution >= 0.6 is 11.8 Å². The van der Waals surface area contributed by atoms with Crippen molar-refractivity contribution in [1.82, 2.24) is 4.90 Å². The molecule has 0 spiro atoms. The first-order chi connectivity index (χ1) is 8.68. The van der Waals surface area contributed by atoms with E-state index in [1.807, 2.05) is 30.0 Å². The summed E-state index contributed by atoms with van der Waals surface area (Å²) in [6.45, 7) is 6.51. The Morgan fingerprint density at radius 2 is 2.22 bits per heavy atom. The Kier molecular flexibility index (Phi) is 5.10. The number of benzene rings is 1. The van der Waals surface area contributed by atoms with Crippen molar-refractivity contribution in [2.24, 2.45) is 0 Å². The molecule has 100 valence electrons. The number of nitrogens with zero attached hydrogens (tertiary/aromatic N) is 1. The van der Waals surface area contributed by atoms with Gasteiger partial charge in [-0.25, -0.2) is 0 Å². The summed E-state index contributed by atoms with van der Waals surface area (Å²) in [6.07, 6.45) is 0.507. The van der Waals surface area contributed by atoms with E-state index in [0.717, 1.165) is 25.1 Å². The first-order valence-corrected chi connectivity index (χ1v) is 7.89.